The van der Waals surface area contributed by atoms with Crippen LogP contribution in [0.15, 0.2) is 18.2 Å². The average molecular weight is 315 g/mol. The monoisotopic (exact) mass is 315 g/mol. The van der Waals surface area contributed by atoms with Gasteiger partial charge in [-0.25, -0.2) is 13.6 Å². The van der Waals surface area contributed by atoms with Crippen molar-refractivity contribution in [2.24, 2.45) is 5.14 Å². The molecule has 1 aliphatic rings. The molecule has 1 heterocycles. The second-order valence-electron chi connectivity index (χ2n) is 4.53. The molecule has 0 saturated carbocycles. The molecule has 1 saturated heterocycles. The number of methoxy groups -OCH3 is 1. The third-order valence-electron chi connectivity index (χ3n) is 3.22. The number of nitrogens with zero attached hydrogens (tertiary/aromatic N) is 2. The van der Waals surface area contributed by atoms with E-state index < -0.39 is 26.1 Å². The van der Waals surface area contributed by atoms with Crippen molar-refractivity contribution in [3.63, 3.8) is 0 Å². The van der Waals surface area contributed by atoms with Gasteiger partial charge in [0.05, 0.1) is 12.0 Å². The molecule has 2 N–H and O–H groups in total. The van der Waals surface area contributed by atoms with Gasteiger partial charge in [0.25, 0.3) is 5.69 Å². The van der Waals surface area contributed by atoms with E-state index in [0.29, 0.717) is 5.75 Å². The van der Waals surface area contributed by atoms with Gasteiger partial charge in [-0.2, -0.15) is 0 Å². The second-order valence-corrected chi connectivity index (χ2v) is 6.38. The van der Waals surface area contributed by atoms with Crippen molar-refractivity contribution in [1.29, 1.82) is 0 Å². The Kier molecular flexibility index (Phi) is 3.83. The lowest BCUT2D eigenvalue weighted by atomic mass is 10.2. The minimum absolute atomic E-state index is 0.00417. The van der Waals surface area contributed by atoms with Crippen molar-refractivity contribution in [3.8, 4) is 5.75 Å². The van der Waals surface area contributed by atoms with Gasteiger partial charge in [0.2, 0.25) is 15.9 Å². The lowest BCUT2D eigenvalue weighted by Gasteiger charge is -2.17. The van der Waals surface area contributed by atoms with Gasteiger partial charge in [-0.05, 0) is 6.07 Å². The number of nitro groups is 1. The Labute approximate surface area is 120 Å². The summed E-state index contributed by atoms with van der Waals surface area (Å²) in [6.45, 7) is -0.217. The maximum absolute atomic E-state index is 11.9. The number of ether oxygens (including phenoxy) is 1. The summed E-state index contributed by atoms with van der Waals surface area (Å²) in [5, 5.41) is 15.0. The topological polar surface area (TPSA) is 133 Å². The molecule has 0 bridgehead atoms. The van der Waals surface area contributed by atoms with E-state index >= 15 is 0 Å². The molecule has 1 aromatic rings. The zero-order valence-corrected chi connectivity index (χ0v) is 11.9. The summed E-state index contributed by atoms with van der Waals surface area (Å²) < 4.78 is 27.7. The number of hydrogen-bond donors (Lipinski definition) is 1. The van der Waals surface area contributed by atoms with Crippen LogP contribution in [0.5, 0.6) is 5.75 Å². The Morgan fingerprint density at radius 1 is 1.48 bits per heavy atom. The van der Waals surface area contributed by atoms with Crippen LogP contribution in [0.3, 0.4) is 0 Å². The van der Waals surface area contributed by atoms with Crippen molar-refractivity contribution >= 4 is 27.3 Å². The highest BCUT2D eigenvalue weighted by Crippen LogP contribution is 2.35. The normalized spacial score (nSPS) is 18.9. The number of nitrogens with two attached hydrogens (primary N) is 1. The Morgan fingerprint density at radius 3 is 2.62 bits per heavy atom. The SMILES string of the molecule is COc1ccc([N+](=O)[O-])c(N2CC(S(N)(=O)=O)CC2=O)c1. The minimum atomic E-state index is -3.89. The van der Waals surface area contributed by atoms with Gasteiger partial charge < -0.3 is 9.64 Å². The fourth-order valence-corrected chi connectivity index (χ4v) is 2.86. The van der Waals surface area contributed by atoms with Gasteiger partial charge in [0.15, 0.2) is 0 Å². The van der Waals surface area contributed by atoms with E-state index in [0.717, 1.165) is 4.90 Å². The number of sulfonamides is 1. The molecular formula is C11H13N3O6S. The van der Waals surface area contributed by atoms with Gasteiger partial charge >= 0.3 is 0 Å². The van der Waals surface area contributed by atoms with Crippen LogP contribution < -0.4 is 14.8 Å². The molecule has 1 aliphatic heterocycles. The van der Waals surface area contributed by atoms with Crippen LogP contribution >= 0.6 is 0 Å². The van der Waals surface area contributed by atoms with E-state index in [-0.39, 0.29) is 24.3 Å². The van der Waals surface area contributed by atoms with Crippen LogP contribution in [-0.2, 0) is 14.8 Å². The average Bonchev–Trinajstić information content (AvgIpc) is 2.79. The van der Waals surface area contributed by atoms with Gasteiger partial charge in [0.1, 0.15) is 16.7 Å². The van der Waals surface area contributed by atoms with Gasteiger partial charge in [-0.15, -0.1) is 0 Å². The predicted octanol–water partition coefficient (Wildman–Crippen LogP) is -0.00280. The van der Waals surface area contributed by atoms with Crippen LogP contribution in [0.25, 0.3) is 0 Å². The number of nitro benzene ring substituents is 1. The van der Waals surface area contributed by atoms with Gasteiger partial charge in [0, 0.05) is 25.1 Å². The quantitative estimate of drug-likeness (QED) is 0.614. The molecule has 21 heavy (non-hydrogen) atoms. The van der Waals surface area contributed by atoms with Gasteiger partial charge in [-0.3, -0.25) is 14.9 Å². The molecule has 2 rings (SSSR count). The predicted molar refractivity (Wildman–Crippen MR) is 73.5 cm³/mol. The first-order valence-electron chi connectivity index (χ1n) is 5.88. The van der Waals surface area contributed by atoms with E-state index in [9.17, 15) is 23.3 Å². The zero-order chi connectivity index (χ0) is 15.8. The molecule has 0 aliphatic carbocycles. The largest absolute Gasteiger partial charge is 0.497 e. The van der Waals surface area contributed by atoms with Crippen molar-refractivity contribution in [2.45, 2.75) is 11.7 Å². The molecule has 10 heteroatoms. The van der Waals surface area contributed by atoms with Crippen LogP contribution in [0.2, 0.25) is 0 Å². The Balaban J connectivity index is 2.46. The summed E-state index contributed by atoms with van der Waals surface area (Å²) in [5.74, 6) is -0.215. The lowest BCUT2D eigenvalue weighted by molar-refractivity contribution is -0.384. The minimum Gasteiger partial charge on any atom is -0.497 e. The van der Waals surface area contributed by atoms with E-state index in [2.05, 4.69) is 0 Å². The number of hydrogen-bond acceptors (Lipinski definition) is 6. The number of benzene rings is 1. The Hall–Kier alpha value is -2.20. The lowest BCUT2D eigenvalue weighted by Crippen LogP contribution is -2.32. The van der Waals surface area contributed by atoms with Crippen molar-refractivity contribution in [3.05, 3.63) is 28.3 Å². The molecule has 0 spiro atoms. The number of amides is 1. The van der Waals surface area contributed by atoms with Crippen molar-refractivity contribution in [2.75, 3.05) is 18.6 Å². The molecule has 1 fully saturated rings. The van der Waals surface area contributed by atoms with E-state index in [4.69, 9.17) is 9.88 Å². The smallest absolute Gasteiger partial charge is 0.293 e. The number of carbonyl (C=O) groups is 1. The molecule has 114 valence electrons. The van der Waals surface area contributed by atoms with Crippen LogP contribution in [0, 0.1) is 10.1 Å². The number of primary sulfonamides is 1. The first-order valence-corrected chi connectivity index (χ1v) is 7.49. The van der Waals surface area contributed by atoms with Gasteiger partial charge in [-0.1, -0.05) is 0 Å². The first kappa shape index (κ1) is 15.2. The maximum Gasteiger partial charge on any atom is 0.293 e. The molecule has 1 aromatic carbocycles. The summed E-state index contributed by atoms with van der Waals surface area (Å²) in [6, 6.07) is 3.91. The second kappa shape index (κ2) is 5.30. The molecule has 9 nitrogen and oxygen atoms in total. The summed E-state index contributed by atoms with van der Waals surface area (Å²) in [7, 11) is -2.51. The summed E-state index contributed by atoms with van der Waals surface area (Å²) in [6.07, 6.45) is -0.298. The fourth-order valence-electron chi connectivity index (χ4n) is 2.13. The highest BCUT2D eigenvalue weighted by atomic mass is 32.2. The standard InChI is InChI=1S/C11H13N3O6S/c1-20-7-2-3-9(14(16)17)10(4-7)13-6-8(5-11(13)15)21(12,18)19/h2-4,8H,5-6H2,1H3,(H2,12,18,19). The van der Waals surface area contributed by atoms with Crippen molar-refractivity contribution < 1.29 is 22.9 Å². The van der Waals surface area contributed by atoms with E-state index in [1.165, 1.54) is 25.3 Å². The highest BCUT2D eigenvalue weighted by molar-refractivity contribution is 7.89. The van der Waals surface area contributed by atoms with E-state index in [1.54, 1.807) is 0 Å². The zero-order valence-electron chi connectivity index (χ0n) is 11.1. The third kappa shape index (κ3) is 2.95. The molecule has 1 atom stereocenters. The number of rotatable bonds is 4. The molecule has 1 unspecified atom stereocenters. The number of carbonyl (C=O) groups excluding carboxylic acids is 1. The Bertz CT molecular complexity index is 702. The summed E-state index contributed by atoms with van der Waals surface area (Å²) in [5.41, 5.74) is -0.310. The third-order valence-corrected chi connectivity index (χ3v) is 4.47. The first-order chi connectivity index (χ1) is 9.74. The molecule has 0 aromatic heterocycles. The summed E-state index contributed by atoms with van der Waals surface area (Å²) >= 11 is 0. The van der Waals surface area contributed by atoms with Crippen molar-refractivity contribution in [1.82, 2.24) is 0 Å². The Morgan fingerprint density at radius 2 is 2.14 bits per heavy atom. The maximum atomic E-state index is 11.9. The molecule has 1 amide bonds. The van der Waals surface area contributed by atoms with Crippen LogP contribution in [0.1, 0.15) is 6.42 Å². The van der Waals surface area contributed by atoms with Crippen LogP contribution in [-0.4, -0.2) is 38.2 Å². The van der Waals surface area contributed by atoms with Crippen LogP contribution in [0.4, 0.5) is 11.4 Å². The fraction of sp³-hybridized carbons (Fsp3) is 0.364. The highest BCUT2D eigenvalue weighted by Gasteiger charge is 2.39. The number of anilines is 1. The summed E-state index contributed by atoms with van der Waals surface area (Å²) in [4.78, 5) is 23.4. The molecule has 0 radical (unpaired) electrons. The molecular weight excluding hydrogens is 302 g/mol. The van der Waals surface area contributed by atoms with E-state index in [1.807, 2.05) is 0 Å².